The first-order valence-corrected chi connectivity index (χ1v) is 11.9. The van der Waals surface area contributed by atoms with Crippen molar-refractivity contribution in [1.29, 1.82) is 0 Å². The van der Waals surface area contributed by atoms with E-state index >= 15 is 0 Å². The summed E-state index contributed by atoms with van der Waals surface area (Å²) in [5, 5.41) is 3.75. The van der Waals surface area contributed by atoms with Gasteiger partial charge in [0.25, 0.3) is 0 Å². The Morgan fingerprint density at radius 2 is 2.03 bits per heavy atom. The Hall–Kier alpha value is -2.60. The lowest BCUT2D eigenvalue weighted by Crippen LogP contribution is -2.78. The normalized spacial score (nSPS) is 33.9. The lowest BCUT2D eigenvalue weighted by atomic mass is 9.39. The number of ketones is 1. The van der Waals surface area contributed by atoms with Gasteiger partial charge in [0.15, 0.2) is 5.78 Å². The van der Waals surface area contributed by atoms with E-state index in [4.69, 9.17) is 13.9 Å². The van der Waals surface area contributed by atoms with Crippen LogP contribution in [-0.2, 0) is 32.6 Å². The molecular formula is C27H33NO5. The summed E-state index contributed by atoms with van der Waals surface area (Å²) in [6, 6.07) is 8.04. The molecule has 1 N–H and O–H groups in total. The van der Waals surface area contributed by atoms with Crippen molar-refractivity contribution in [3.05, 3.63) is 53.5 Å². The van der Waals surface area contributed by atoms with Crippen LogP contribution in [0.3, 0.4) is 0 Å². The van der Waals surface area contributed by atoms with E-state index in [0.29, 0.717) is 25.7 Å². The number of methoxy groups -OCH3 is 1. The van der Waals surface area contributed by atoms with E-state index in [1.807, 2.05) is 12.1 Å². The van der Waals surface area contributed by atoms with Crippen molar-refractivity contribution in [2.45, 2.75) is 70.4 Å². The molecule has 6 heteroatoms. The zero-order valence-electron chi connectivity index (χ0n) is 19.9. The van der Waals surface area contributed by atoms with Gasteiger partial charge in [0, 0.05) is 23.9 Å². The number of furan rings is 1. The number of fused-ring (bicyclic) bond motifs is 2. The van der Waals surface area contributed by atoms with Crippen LogP contribution in [0.1, 0.15) is 56.7 Å². The highest BCUT2D eigenvalue weighted by atomic mass is 16.5. The molecule has 2 aliphatic heterocycles. The summed E-state index contributed by atoms with van der Waals surface area (Å²) < 4.78 is 16.4. The van der Waals surface area contributed by atoms with Crippen molar-refractivity contribution in [3.8, 4) is 5.75 Å². The number of Topliss-reactive ketones (excluding diaryl/α,β-unsaturated/α-hetero) is 1. The van der Waals surface area contributed by atoms with Crippen LogP contribution >= 0.6 is 0 Å². The lowest BCUT2D eigenvalue weighted by Gasteiger charge is -2.69. The number of carbonyl (C=O) groups is 2. The second kappa shape index (κ2) is 7.73. The van der Waals surface area contributed by atoms with Crippen molar-refractivity contribution in [2.24, 2.45) is 10.8 Å². The molecule has 0 radical (unpaired) electrons. The minimum absolute atomic E-state index is 0.0298. The van der Waals surface area contributed by atoms with Gasteiger partial charge >= 0.3 is 5.97 Å². The van der Waals surface area contributed by atoms with E-state index < -0.39 is 5.41 Å². The van der Waals surface area contributed by atoms with Gasteiger partial charge < -0.3 is 19.2 Å². The molecule has 0 amide bonds. The van der Waals surface area contributed by atoms with Crippen LogP contribution in [0.2, 0.25) is 0 Å². The smallest absolute Gasteiger partial charge is 0.321 e. The third-order valence-corrected chi connectivity index (χ3v) is 9.00. The van der Waals surface area contributed by atoms with Gasteiger partial charge in [0.1, 0.15) is 11.2 Å². The highest BCUT2D eigenvalue weighted by Crippen LogP contribution is 2.66. The zero-order chi connectivity index (χ0) is 23.4. The van der Waals surface area contributed by atoms with E-state index in [1.165, 1.54) is 11.1 Å². The van der Waals surface area contributed by atoms with Crippen molar-refractivity contribution in [2.75, 3.05) is 13.7 Å². The van der Waals surface area contributed by atoms with Gasteiger partial charge in [-0.25, -0.2) is 0 Å². The molecule has 3 fully saturated rings. The summed E-state index contributed by atoms with van der Waals surface area (Å²) in [4.78, 5) is 27.3. The standard InChI is InChI=1S/C27H33NO5/c1-5-33-24(30)27(23(29)10-9-17-11-12-32-15-17)16-26(3)21-13-18-19(7-6-8-20(18)31-4)25(26,2)14-22(27)28-21/h6-8,11-12,15,21-22,28H,5,9-10,13-14,16H2,1-4H3. The molecule has 1 aromatic carbocycles. The highest BCUT2D eigenvalue weighted by Gasteiger charge is 2.72. The summed E-state index contributed by atoms with van der Waals surface area (Å²) in [7, 11) is 1.72. The lowest BCUT2D eigenvalue weighted by molar-refractivity contribution is -0.183. The molecule has 1 saturated carbocycles. The Kier molecular flexibility index (Phi) is 5.20. The molecular weight excluding hydrogens is 418 g/mol. The van der Waals surface area contributed by atoms with Gasteiger partial charge in [-0.05, 0) is 66.8 Å². The minimum Gasteiger partial charge on any atom is -0.496 e. The first kappa shape index (κ1) is 22.2. The number of hydrogen-bond acceptors (Lipinski definition) is 6. The third-order valence-electron chi connectivity index (χ3n) is 9.00. The number of benzene rings is 1. The maximum Gasteiger partial charge on any atom is 0.321 e. The molecule has 1 aromatic heterocycles. The SMILES string of the molecule is CCOC(=O)C1(C(=O)CCc2ccoc2)CC2(C)C3Cc4c(OC)cccc4C2(C)CC1N3. The van der Waals surface area contributed by atoms with Crippen LogP contribution in [0.25, 0.3) is 0 Å². The summed E-state index contributed by atoms with van der Waals surface area (Å²) in [6.45, 7) is 6.62. The molecule has 4 aliphatic rings. The molecule has 2 saturated heterocycles. The quantitative estimate of drug-likeness (QED) is 0.507. The third kappa shape index (κ3) is 2.96. The fraction of sp³-hybridized carbons (Fsp3) is 0.556. The van der Waals surface area contributed by atoms with Crippen LogP contribution in [0.15, 0.2) is 41.2 Å². The first-order chi connectivity index (χ1) is 15.8. The molecule has 0 spiro atoms. The second-order valence-corrected chi connectivity index (χ2v) is 10.3. The Morgan fingerprint density at radius 1 is 1.21 bits per heavy atom. The van der Waals surface area contributed by atoms with Crippen molar-refractivity contribution in [3.63, 3.8) is 0 Å². The highest BCUT2D eigenvalue weighted by molar-refractivity contribution is 6.05. The number of hydrogen-bond donors (Lipinski definition) is 1. The van der Waals surface area contributed by atoms with E-state index in [2.05, 4.69) is 31.3 Å². The largest absolute Gasteiger partial charge is 0.496 e. The van der Waals surface area contributed by atoms with Crippen molar-refractivity contribution >= 4 is 11.8 Å². The minimum atomic E-state index is -1.17. The van der Waals surface area contributed by atoms with Gasteiger partial charge in [-0.15, -0.1) is 0 Å². The van der Waals surface area contributed by atoms with Crippen LogP contribution in [0.5, 0.6) is 5.75 Å². The van der Waals surface area contributed by atoms with E-state index in [-0.39, 0.29) is 41.3 Å². The summed E-state index contributed by atoms with van der Waals surface area (Å²) in [5.74, 6) is 0.509. The van der Waals surface area contributed by atoms with E-state index in [1.54, 1.807) is 26.6 Å². The molecule has 4 bridgehead atoms. The zero-order valence-corrected chi connectivity index (χ0v) is 19.9. The average molecular weight is 452 g/mol. The fourth-order valence-corrected chi connectivity index (χ4v) is 7.04. The van der Waals surface area contributed by atoms with Crippen LogP contribution < -0.4 is 10.1 Å². The summed E-state index contributed by atoms with van der Waals surface area (Å²) >= 11 is 0. The number of esters is 1. The first-order valence-electron chi connectivity index (χ1n) is 11.9. The Labute approximate surface area is 195 Å². The van der Waals surface area contributed by atoms with Crippen molar-refractivity contribution < 1.29 is 23.5 Å². The molecule has 6 rings (SSSR count). The number of rotatable bonds is 7. The molecule has 33 heavy (non-hydrogen) atoms. The summed E-state index contributed by atoms with van der Waals surface area (Å²) in [5.41, 5.74) is 1.88. The Balaban J connectivity index is 1.55. The molecule has 5 unspecified atom stereocenters. The molecule has 2 aliphatic carbocycles. The van der Waals surface area contributed by atoms with Gasteiger partial charge in [-0.2, -0.15) is 0 Å². The number of ether oxygens (including phenoxy) is 2. The number of aryl methyl sites for hydroxylation is 1. The summed E-state index contributed by atoms with van der Waals surface area (Å²) in [6.07, 6.45) is 6.14. The fourth-order valence-electron chi connectivity index (χ4n) is 7.04. The van der Waals surface area contributed by atoms with Gasteiger partial charge in [-0.3, -0.25) is 9.59 Å². The Morgan fingerprint density at radius 3 is 2.73 bits per heavy atom. The topological polar surface area (TPSA) is 77.8 Å². The van der Waals surface area contributed by atoms with Crippen molar-refractivity contribution in [1.82, 2.24) is 5.32 Å². The maximum absolute atomic E-state index is 13.8. The Bertz CT molecular complexity index is 1080. The average Bonchev–Trinajstić information content (AvgIpc) is 3.31. The van der Waals surface area contributed by atoms with Crippen LogP contribution in [0, 0.1) is 10.8 Å². The maximum atomic E-state index is 13.8. The predicted octanol–water partition coefficient (Wildman–Crippen LogP) is 3.99. The number of carbonyl (C=O) groups excluding carboxylic acids is 2. The van der Waals surface area contributed by atoms with Gasteiger partial charge in [0.2, 0.25) is 0 Å². The molecule has 2 aromatic rings. The van der Waals surface area contributed by atoms with Gasteiger partial charge in [0.05, 0.1) is 26.2 Å². The predicted molar refractivity (Wildman–Crippen MR) is 123 cm³/mol. The van der Waals surface area contributed by atoms with E-state index in [0.717, 1.165) is 17.7 Å². The van der Waals surface area contributed by atoms with Crippen LogP contribution in [-0.4, -0.2) is 37.6 Å². The molecule has 6 nitrogen and oxygen atoms in total. The number of nitrogens with one attached hydrogen (secondary N) is 1. The molecule has 5 atom stereocenters. The molecule has 3 heterocycles. The molecule has 176 valence electrons. The van der Waals surface area contributed by atoms with E-state index in [9.17, 15) is 9.59 Å². The monoisotopic (exact) mass is 451 g/mol. The van der Waals surface area contributed by atoms with Gasteiger partial charge in [-0.1, -0.05) is 26.0 Å². The van der Waals surface area contributed by atoms with Crippen LogP contribution in [0.4, 0.5) is 0 Å². The number of piperidine rings is 2. The second-order valence-electron chi connectivity index (χ2n) is 10.3.